The second kappa shape index (κ2) is 8.27. The van der Waals surface area contributed by atoms with Crippen molar-refractivity contribution in [1.82, 2.24) is 0 Å². The Morgan fingerprint density at radius 1 is 1.38 bits per heavy atom. The molecule has 0 spiro atoms. The summed E-state index contributed by atoms with van der Waals surface area (Å²) >= 11 is 7.54. The molecule has 0 fully saturated rings. The van der Waals surface area contributed by atoms with E-state index >= 15 is 0 Å². The van der Waals surface area contributed by atoms with Crippen LogP contribution in [-0.2, 0) is 16.1 Å². The van der Waals surface area contributed by atoms with Crippen LogP contribution in [0.4, 0.5) is 4.39 Å². The van der Waals surface area contributed by atoms with Crippen molar-refractivity contribution in [3.63, 3.8) is 0 Å². The highest BCUT2D eigenvalue weighted by Gasteiger charge is 2.43. The molecule has 2 aliphatic rings. The number of ketones is 1. The molecular weight excluding hydrogens is 451 g/mol. The van der Waals surface area contributed by atoms with E-state index in [0.717, 1.165) is 15.3 Å². The van der Waals surface area contributed by atoms with Gasteiger partial charge in [0.05, 0.1) is 10.9 Å². The summed E-state index contributed by atoms with van der Waals surface area (Å²) < 4.78 is 24.8. The Morgan fingerprint density at radius 3 is 2.81 bits per heavy atom. The number of halogens is 2. The molecule has 0 saturated carbocycles. The SMILES string of the molecule is Cc1sc(C2C(C#N)=C(N)OC3=C2C(=O)CC(C)(C)C3)cc1COc1ccc(F)cc1Cl. The van der Waals surface area contributed by atoms with Crippen molar-refractivity contribution < 1.29 is 18.7 Å². The number of hydrogen-bond donors (Lipinski definition) is 1. The van der Waals surface area contributed by atoms with Gasteiger partial charge in [-0.2, -0.15) is 5.26 Å². The number of allylic oxidation sites excluding steroid dienone is 3. The fraction of sp³-hybridized carbons (Fsp3) is 0.333. The molecule has 1 aromatic carbocycles. The van der Waals surface area contributed by atoms with Crippen molar-refractivity contribution in [1.29, 1.82) is 5.26 Å². The molecule has 5 nitrogen and oxygen atoms in total. The third-order valence-electron chi connectivity index (χ3n) is 5.68. The minimum atomic E-state index is -0.556. The third kappa shape index (κ3) is 4.13. The van der Waals surface area contributed by atoms with Gasteiger partial charge in [-0.15, -0.1) is 11.3 Å². The number of thiophene rings is 1. The number of Topliss-reactive ketones (excluding diaryl/α,β-unsaturated/α-hetero) is 1. The number of nitriles is 1. The van der Waals surface area contributed by atoms with Crippen LogP contribution < -0.4 is 10.5 Å². The van der Waals surface area contributed by atoms with E-state index in [4.69, 9.17) is 26.8 Å². The highest BCUT2D eigenvalue weighted by molar-refractivity contribution is 7.12. The summed E-state index contributed by atoms with van der Waals surface area (Å²) in [6.07, 6.45) is 0.959. The molecule has 2 N–H and O–H groups in total. The van der Waals surface area contributed by atoms with Crippen molar-refractivity contribution in [3.05, 3.63) is 73.2 Å². The van der Waals surface area contributed by atoms with E-state index in [-0.39, 0.29) is 34.3 Å². The van der Waals surface area contributed by atoms with Gasteiger partial charge in [-0.3, -0.25) is 4.79 Å². The Bertz CT molecular complexity index is 1220. The molecule has 0 amide bonds. The minimum Gasteiger partial charge on any atom is -0.487 e. The van der Waals surface area contributed by atoms with Gasteiger partial charge in [0.25, 0.3) is 0 Å². The standard InChI is InChI=1S/C24H22ClFN2O3S/c1-12-13(11-30-18-5-4-14(26)7-16(18)25)6-20(32-12)21-15(10-27)23(28)31-19-9-24(2,3)8-17(29)22(19)21/h4-7,21H,8-9,11,28H2,1-3H3. The summed E-state index contributed by atoms with van der Waals surface area (Å²) in [6.45, 7) is 6.18. The Morgan fingerprint density at radius 2 is 2.12 bits per heavy atom. The molecule has 0 saturated heterocycles. The summed E-state index contributed by atoms with van der Waals surface area (Å²) in [4.78, 5) is 14.9. The summed E-state index contributed by atoms with van der Waals surface area (Å²) in [7, 11) is 0. The van der Waals surface area contributed by atoms with E-state index in [0.29, 0.717) is 29.9 Å². The lowest BCUT2D eigenvalue weighted by molar-refractivity contribution is -0.119. The second-order valence-electron chi connectivity index (χ2n) is 8.80. The molecule has 8 heteroatoms. The van der Waals surface area contributed by atoms with Gasteiger partial charge in [0, 0.05) is 33.7 Å². The van der Waals surface area contributed by atoms with E-state index in [1.165, 1.54) is 29.5 Å². The van der Waals surface area contributed by atoms with Gasteiger partial charge in [-0.25, -0.2) is 4.39 Å². The van der Waals surface area contributed by atoms with E-state index in [1.54, 1.807) is 0 Å². The lowest BCUT2D eigenvalue weighted by Crippen LogP contribution is -2.33. The van der Waals surface area contributed by atoms with Crippen molar-refractivity contribution in [2.24, 2.45) is 11.1 Å². The van der Waals surface area contributed by atoms with Crippen LogP contribution in [0.3, 0.4) is 0 Å². The lowest BCUT2D eigenvalue weighted by Gasteiger charge is -2.36. The number of hydrogen-bond acceptors (Lipinski definition) is 6. The van der Waals surface area contributed by atoms with E-state index in [2.05, 4.69) is 6.07 Å². The average Bonchev–Trinajstić information content (AvgIpc) is 3.05. The van der Waals surface area contributed by atoms with Gasteiger partial charge in [0.2, 0.25) is 5.88 Å². The Labute approximate surface area is 194 Å². The number of carbonyl (C=O) groups excluding carboxylic acids is 1. The molecule has 1 aliphatic heterocycles. The number of rotatable bonds is 4. The first-order chi connectivity index (χ1) is 15.1. The normalized spacial score (nSPS) is 20.0. The van der Waals surface area contributed by atoms with Gasteiger partial charge in [-0.1, -0.05) is 25.4 Å². The van der Waals surface area contributed by atoms with E-state index in [1.807, 2.05) is 26.8 Å². The molecule has 1 aromatic heterocycles. The van der Waals surface area contributed by atoms with Crippen LogP contribution in [0.2, 0.25) is 5.02 Å². The first kappa shape index (κ1) is 22.4. The zero-order chi connectivity index (χ0) is 23.2. The maximum absolute atomic E-state index is 13.3. The molecule has 166 valence electrons. The Balaban J connectivity index is 1.68. The molecular formula is C24H22ClFN2O3S. The highest BCUT2D eigenvalue weighted by atomic mass is 35.5. The van der Waals surface area contributed by atoms with Gasteiger partial charge in [-0.05, 0) is 36.6 Å². The maximum atomic E-state index is 13.3. The molecule has 1 unspecified atom stereocenters. The number of aryl methyl sites for hydroxylation is 1. The van der Waals surface area contributed by atoms with Crippen LogP contribution in [0, 0.1) is 29.5 Å². The predicted octanol–water partition coefficient (Wildman–Crippen LogP) is 5.88. The highest BCUT2D eigenvalue weighted by Crippen LogP contribution is 2.49. The Hall–Kier alpha value is -2.82. The lowest BCUT2D eigenvalue weighted by atomic mass is 9.71. The topological polar surface area (TPSA) is 85.3 Å². The van der Waals surface area contributed by atoms with Crippen molar-refractivity contribution in [2.75, 3.05) is 0 Å². The van der Waals surface area contributed by atoms with Crippen LogP contribution in [0.15, 0.2) is 47.1 Å². The third-order valence-corrected chi connectivity index (χ3v) is 7.13. The molecule has 2 heterocycles. The number of carbonyl (C=O) groups is 1. The van der Waals surface area contributed by atoms with Gasteiger partial charge < -0.3 is 15.2 Å². The summed E-state index contributed by atoms with van der Waals surface area (Å²) in [5.41, 5.74) is 7.51. The average molecular weight is 473 g/mol. The number of benzene rings is 1. The first-order valence-electron chi connectivity index (χ1n) is 10.1. The van der Waals surface area contributed by atoms with Crippen LogP contribution >= 0.6 is 22.9 Å². The van der Waals surface area contributed by atoms with Gasteiger partial charge >= 0.3 is 0 Å². The molecule has 1 atom stereocenters. The smallest absolute Gasteiger partial charge is 0.205 e. The first-order valence-corrected chi connectivity index (χ1v) is 11.3. The predicted molar refractivity (Wildman–Crippen MR) is 120 cm³/mol. The van der Waals surface area contributed by atoms with Crippen LogP contribution in [-0.4, -0.2) is 5.78 Å². The van der Waals surface area contributed by atoms with Crippen molar-refractivity contribution in [2.45, 2.75) is 46.1 Å². The van der Waals surface area contributed by atoms with Crippen molar-refractivity contribution in [3.8, 4) is 11.8 Å². The summed E-state index contributed by atoms with van der Waals surface area (Å²) in [6, 6.07) is 8.03. The Kier molecular flexibility index (Phi) is 5.78. The minimum absolute atomic E-state index is 0.0246. The number of ether oxygens (including phenoxy) is 2. The molecule has 0 bridgehead atoms. The zero-order valence-corrected chi connectivity index (χ0v) is 19.5. The van der Waals surface area contributed by atoms with Gasteiger partial charge in [0.1, 0.15) is 35.6 Å². The molecule has 0 radical (unpaired) electrons. The zero-order valence-electron chi connectivity index (χ0n) is 17.9. The van der Waals surface area contributed by atoms with Crippen LogP contribution in [0.5, 0.6) is 5.75 Å². The fourth-order valence-electron chi connectivity index (χ4n) is 4.15. The maximum Gasteiger partial charge on any atom is 0.205 e. The number of nitrogens with two attached hydrogens (primary N) is 1. The monoisotopic (exact) mass is 472 g/mol. The fourth-order valence-corrected chi connectivity index (χ4v) is 5.53. The van der Waals surface area contributed by atoms with Crippen LogP contribution in [0.25, 0.3) is 0 Å². The molecule has 2 aromatic rings. The largest absolute Gasteiger partial charge is 0.487 e. The summed E-state index contributed by atoms with van der Waals surface area (Å²) in [5, 5.41) is 9.98. The van der Waals surface area contributed by atoms with Crippen LogP contribution in [0.1, 0.15) is 47.9 Å². The molecule has 4 rings (SSSR count). The molecule has 1 aliphatic carbocycles. The molecule has 32 heavy (non-hydrogen) atoms. The summed E-state index contributed by atoms with van der Waals surface area (Å²) in [5.74, 6) is -0.0439. The second-order valence-corrected chi connectivity index (χ2v) is 10.5. The van der Waals surface area contributed by atoms with Gasteiger partial charge in [0.15, 0.2) is 5.78 Å². The van der Waals surface area contributed by atoms with E-state index in [9.17, 15) is 14.4 Å². The van der Waals surface area contributed by atoms with E-state index < -0.39 is 11.7 Å². The van der Waals surface area contributed by atoms with Crippen molar-refractivity contribution >= 4 is 28.7 Å². The quantitative estimate of drug-likeness (QED) is 0.600. The number of nitrogens with zero attached hydrogens (tertiary/aromatic N) is 1.